The van der Waals surface area contributed by atoms with Crippen LogP contribution in [-0.2, 0) is 0 Å². The fourth-order valence-corrected chi connectivity index (χ4v) is 8.48. The molecule has 2 aromatic carbocycles. The molecule has 0 spiro atoms. The molecule has 0 radical (unpaired) electrons. The van der Waals surface area contributed by atoms with E-state index in [0.29, 0.717) is 0 Å². The van der Waals surface area contributed by atoms with Crippen molar-refractivity contribution in [3.05, 3.63) is 105 Å². The van der Waals surface area contributed by atoms with Gasteiger partial charge in [-0.2, -0.15) is 0 Å². The minimum absolute atomic E-state index is 1.29. The molecule has 0 saturated heterocycles. The van der Waals surface area contributed by atoms with Crippen LogP contribution in [-0.4, -0.2) is 0 Å². The molecule has 0 saturated carbocycles. The lowest BCUT2D eigenvalue weighted by molar-refractivity contribution is 1.27. The van der Waals surface area contributed by atoms with Crippen LogP contribution in [0.2, 0.25) is 0 Å². The van der Waals surface area contributed by atoms with Gasteiger partial charge < -0.3 is 0 Å². The topological polar surface area (TPSA) is 0 Å². The molecular weight excluding hydrogens is 441 g/mol. The number of fused-ring (bicyclic) bond motifs is 3. The summed E-state index contributed by atoms with van der Waals surface area (Å²) in [6.07, 6.45) is 4.70. The maximum absolute atomic E-state index is 2.35. The quantitative estimate of drug-likeness (QED) is 0.295. The Hall–Kier alpha value is -1.98. The molecule has 6 rings (SSSR count). The number of hydrogen-bond acceptors (Lipinski definition) is 4. The van der Waals surface area contributed by atoms with E-state index in [9.17, 15) is 0 Å². The fourth-order valence-electron chi connectivity index (χ4n) is 3.70. The number of benzene rings is 2. The van der Waals surface area contributed by atoms with Crippen LogP contribution in [0.4, 0.5) is 0 Å². The molecule has 0 atom stereocenters. The minimum Gasteiger partial charge on any atom is -0.0815 e. The summed E-state index contributed by atoms with van der Waals surface area (Å²) in [6, 6.07) is 30.5. The number of thioether (sulfide) groups is 4. The summed E-state index contributed by atoms with van der Waals surface area (Å²) in [4.78, 5) is 5.42. The maximum atomic E-state index is 2.35. The lowest BCUT2D eigenvalue weighted by Gasteiger charge is -1.99. The Labute approximate surface area is 193 Å². The van der Waals surface area contributed by atoms with Gasteiger partial charge >= 0.3 is 0 Å². The van der Waals surface area contributed by atoms with Crippen LogP contribution in [0, 0.1) is 0 Å². The van der Waals surface area contributed by atoms with Crippen molar-refractivity contribution < 1.29 is 0 Å². The van der Waals surface area contributed by atoms with E-state index in [-0.39, 0.29) is 0 Å². The summed E-state index contributed by atoms with van der Waals surface area (Å²) < 4.78 is 2.68. The van der Waals surface area contributed by atoms with E-state index in [0.717, 1.165) is 0 Å². The van der Waals surface area contributed by atoms with Crippen molar-refractivity contribution in [1.82, 2.24) is 0 Å². The van der Waals surface area contributed by atoms with Gasteiger partial charge in [-0.25, -0.2) is 0 Å². The first kappa shape index (κ1) is 18.8. The van der Waals surface area contributed by atoms with Crippen LogP contribution in [0.5, 0.6) is 0 Å². The zero-order valence-electron chi connectivity index (χ0n) is 15.9. The Balaban J connectivity index is 1.39. The highest BCUT2D eigenvalue weighted by Crippen LogP contribution is 2.53. The van der Waals surface area contributed by atoms with E-state index < -0.39 is 0 Å². The largest absolute Gasteiger partial charge is 0.0815 e. The third kappa shape index (κ3) is 3.52. The molecular formula is C26H16S4. The normalized spacial score (nSPS) is 14.7. The molecule has 144 valence electrons. The first-order chi connectivity index (χ1) is 14.8. The Kier molecular flexibility index (Phi) is 4.96. The van der Waals surface area contributed by atoms with Gasteiger partial charge in [0.15, 0.2) is 0 Å². The first-order valence-electron chi connectivity index (χ1n) is 9.68. The Morgan fingerprint density at radius 2 is 0.800 bits per heavy atom. The van der Waals surface area contributed by atoms with Gasteiger partial charge in [-0.3, -0.25) is 0 Å². The van der Waals surface area contributed by atoms with E-state index in [4.69, 9.17) is 0 Å². The molecule has 4 heteroatoms. The van der Waals surface area contributed by atoms with Crippen LogP contribution >= 0.6 is 47.0 Å². The van der Waals surface area contributed by atoms with Crippen LogP contribution in [0.15, 0.2) is 113 Å². The standard InChI is InChI=1S/C26H16S4/c1-2-8-19-17(15-25-27-21-10-4-5-11-22(21)28-25)14-18(20(19)9-3-1)16-26-29-23-12-6-7-13-24(23)30-26/h1-16H. The SMILES string of the molecule is C(=C1Sc2ccccc2S1)c1cc(C=C2Sc3ccccc3S2)c2cccccc1-2. The van der Waals surface area contributed by atoms with Crippen LogP contribution in [0.1, 0.15) is 11.1 Å². The van der Waals surface area contributed by atoms with Gasteiger partial charge in [-0.05, 0) is 64.7 Å². The molecule has 2 aliphatic heterocycles. The summed E-state index contributed by atoms with van der Waals surface area (Å²) in [5, 5.41) is 0. The van der Waals surface area contributed by atoms with Gasteiger partial charge in [0.25, 0.3) is 0 Å². The number of hydrogen-bond donors (Lipinski definition) is 0. The van der Waals surface area contributed by atoms with Gasteiger partial charge in [-0.15, -0.1) is 0 Å². The molecule has 2 aliphatic carbocycles. The molecule has 0 N–H and O–H groups in total. The second kappa shape index (κ2) is 7.93. The van der Waals surface area contributed by atoms with Crippen LogP contribution in [0.25, 0.3) is 23.3 Å². The van der Waals surface area contributed by atoms with Gasteiger partial charge in [0.2, 0.25) is 0 Å². The molecule has 4 aliphatic rings. The summed E-state index contributed by atoms with van der Waals surface area (Å²) in [5.41, 5.74) is 5.20. The van der Waals surface area contributed by atoms with Crippen molar-refractivity contribution in [3.63, 3.8) is 0 Å². The highest BCUT2D eigenvalue weighted by Gasteiger charge is 2.21. The van der Waals surface area contributed by atoms with Crippen molar-refractivity contribution in [3.8, 4) is 11.1 Å². The van der Waals surface area contributed by atoms with Crippen LogP contribution in [0.3, 0.4) is 0 Å². The Morgan fingerprint density at radius 3 is 1.20 bits per heavy atom. The third-order valence-corrected chi connectivity index (χ3v) is 9.90. The van der Waals surface area contributed by atoms with E-state index in [2.05, 4.69) is 97.1 Å². The summed E-state index contributed by atoms with van der Waals surface area (Å²) >= 11 is 7.48. The predicted molar refractivity (Wildman–Crippen MR) is 135 cm³/mol. The Morgan fingerprint density at radius 1 is 0.433 bits per heavy atom. The van der Waals surface area contributed by atoms with Crippen molar-refractivity contribution in [2.24, 2.45) is 0 Å². The molecule has 0 aromatic heterocycles. The van der Waals surface area contributed by atoms with Gasteiger partial charge in [0, 0.05) is 19.6 Å². The second-order valence-electron chi connectivity index (χ2n) is 7.02. The van der Waals surface area contributed by atoms with E-state index in [1.807, 2.05) is 47.0 Å². The van der Waals surface area contributed by atoms with Gasteiger partial charge in [0.05, 0.1) is 8.47 Å². The zero-order valence-corrected chi connectivity index (χ0v) is 19.1. The van der Waals surface area contributed by atoms with E-state index >= 15 is 0 Å². The molecule has 2 heterocycles. The number of rotatable bonds is 2. The summed E-state index contributed by atoms with van der Waals surface area (Å²) in [5.74, 6) is 0. The molecule has 2 aromatic rings. The summed E-state index contributed by atoms with van der Waals surface area (Å²) in [7, 11) is 0. The lowest BCUT2D eigenvalue weighted by Crippen LogP contribution is -1.73. The van der Waals surface area contributed by atoms with Crippen molar-refractivity contribution >= 4 is 59.2 Å². The van der Waals surface area contributed by atoms with Gasteiger partial charge in [-0.1, -0.05) is 102 Å². The average Bonchev–Trinajstić information content (AvgIpc) is 3.38. The highest BCUT2D eigenvalue weighted by molar-refractivity contribution is 8.25. The second-order valence-corrected chi connectivity index (χ2v) is 11.9. The van der Waals surface area contributed by atoms with Gasteiger partial charge in [0.1, 0.15) is 0 Å². The fraction of sp³-hybridized carbons (Fsp3) is 0. The maximum Gasteiger partial charge on any atom is 0.0505 e. The van der Waals surface area contributed by atoms with E-state index in [1.165, 1.54) is 50.3 Å². The Bertz CT molecular complexity index is 1150. The first-order valence-corrected chi connectivity index (χ1v) is 12.9. The third-order valence-electron chi connectivity index (χ3n) is 5.06. The highest BCUT2D eigenvalue weighted by atomic mass is 32.2. The summed E-state index contributed by atoms with van der Waals surface area (Å²) in [6.45, 7) is 0. The molecule has 0 nitrogen and oxygen atoms in total. The van der Waals surface area contributed by atoms with Crippen molar-refractivity contribution in [2.45, 2.75) is 19.6 Å². The molecule has 30 heavy (non-hydrogen) atoms. The molecule has 0 fully saturated rings. The monoisotopic (exact) mass is 456 g/mol. The van der Waals surface area contributed by atoms with Crippen LogP contribution < -0.4 is 0 Å². The average molecular weight is 457 g/mol. The van der Waals surface area contributed by atoms with Crippen molar-refractivity contribution in [2.75, 3.05) is 0 Å². The smallest absolute Gasteiger partial charge is 0.0505 e. The molecule has 0 bridgehead atoms. The van der Waals surface area contributed by atoms with E-state index in [1.54, 1.807) is 0 Å². The zero-order chi connectivity index (χ0) is 19.9. The lowest BCUT2D eigenvalue weighted by atomic mass is 10.1. The minimum atomic E-state index is 1.29. The van der Waals surface area contributed by atoms with Crippen molar-refractivity contribution in [1.29, 1.82) is 0 Å². The molecule has 0 amide bonds. The predicted octanol–water partition coefficient (Wildman–Crippen LogP) is 9.18. The molecule has 0 unspecified atom stereocenters.